The lowest BCUT2D eigenvalue weighted by molar-refractivity contribution is -0.119. The molecule has 3 rings (SSSR count). The number of furan rings is 1. The molecule has 1 aromatic carbocycles. The number of hydrogen-bond acceptors (Lipinski definition) is 5. The number of amides is 2. The highest BCUT2D eigenvalue weighted by molar-refractivity contribution is 7.14. The van der Waals surface area contributed by atoms with E-state index in [-0.39, 0.29) is 28.1 Å². The predicted molar refractivity (Wildman–Crippen MR) is 102 cm³/mol. The minimum atomic E-state index is -0.742. The third-order valence-electron chi connectivity index (χ3n) is 3.40. The van der Waals surface area contributed by atoms with E-state index >= 15 is 0 Å². The molecule has 2 amide bonds. The molecule has 2 N–H and O–H groups in total. The Bertz CT molecular complexity index is 1020. The molecule has 3 aromatic rings. The number of aromatic nitrogens is 1. The highest BCUT2D eigenvalue weighted by Crippen LogP contribution is 2.28. The lowest BCUT2D eigenvalue weighted by Gasteiger charge is -2.05. The third-order valence-corrected chi connectivity index (χ3v) is 4.76. The van der Waals surface area contributed by atoms with E-state index in [9.17, 15) is 14.0 Å². The van der Waals surface area contributed by atoms with Crippen molar-refractivity contribution >= 4 is 51.5 Å². The number of nitrogens with one attached hydrogen (secondary N) is 2. The highest BCUT2D eigenvalue weighted by atomic mass is 35.5. The lowest BCUT2D eigenvalue weighted by atomic mass is 10.2. The van der Waals surface area contributed by atoms with E-state index in [1.54, 1.807) is 17.5 Å². The van der Waals surface area contributed by atoms with Crippen molar-refractivity contribution in [1.82, 2.24) is 10.3 Å². The number of thiazole rings is 1. The van der Waals surface area contributed by atoms with Crippen molar-refractivity contribution in [2.75, 3.05) is 5.32 Å². The molecule has 10 heteroatoms. The largest absolute Gasteiger partial charge is 0.458 e. The van der Waals surface area contributed by atoms with Gasteiger partial charge in [0.25, 0.3) is 5.91 Å². The Morgan fingerprint density at radius 1 is 1.26 bits per heavy atom. The SMILES string of the molecule is CC(=O)NCc1ccc(-c2csc(NC(=O)c3cc(F)c(Cl)cc3Cl)n2)o1. The van der Waals surface area contributed by atoms with Gasteiger partial charge in [0.05, 0.1) is 22.2 Å². The molecule has 0 unspecified atom stereocenters. The number of benzene rings is 1. The quantitative estimate of drug-likeness (QED) is 0.576. The van der Waals surface area contributed by atoms with E-state index in [2.05, 4.69) is 15.6 Å². The van der Waals surface area contributed by atoms with Crippen molar-refractivity contribution in [2.45, 2.75) is 13.5 Å². The Morgan fingerprint density at radius 2 is 2.04 bits per heavy atom. The van der Waals surface area contributed by atoms with Crippen molar-refractivity contribution in [3.8, 4) is 11.5 Å². The fourth-order valence-electron chi connectivity index (χ4n) is 2.13. The molecule has 0 aliphatic rings. The summed E-state index contributed by atoms with van der Waals surface area (Å²) >= 11 is 12.7. The van der Waals surface area contributed by atoms with Crippen LogP contribution in [0.5, 0.6) is 0 Å². The van der Waals surface area contributed by atoms with Gasteiger partial charge in [0, 0.05) is 12.3 Å². The minimum Gasteiger partial charge on any atom is -0.458 e. The topological polar surface area (TPSA) is 84.2 Å². The smallest absolute Gasteiger partial charge is 0.259 e. The van der Waals surface area contributed by atoms with Crippen molar-refractivity contribution in [1.29, 1.82) is 0 Å². The minimum absolute atomic E-state index is 0.0318. The molecule has 0 radical (unpaired) electrons. The summed E-state index contributed by atoms with van der Waals surface area (Å²) < 4.78 is 19.2. The molecule has 0 saturated heterocycles. The predicted octanol–water partition coefficient (Wildman–Crippen LogP) is 4.74. The van der Waals surface area contributed by atoms with Crippen molar-refractivity contribution < 1.29 is 18.4 Å². The van der Waals surface area contributed by atoms with Crippen molar-refractivity contribution in [2.24, 2.45) is 0 Å². The second kappa shape index (κ2) is 8.08. The fourth-order valence-corrected chi connectivity index (χ4v) is 3.29. The van der Waals surface area contributed by atoms with Gasteiger partial charge in [-0.3, -0.25) is 14.9 Å². The second-order valence-corrected chi connectivity index (χ2v) is 7.09. The van der Waals surface area contributed by atoms with Crippen LogP contribution in [0.1, 0.15) is 23.0 Å². The first-order valence-corrected chi connectivity index (χ1v) is 9.22. The Balaban J connectivity index is 1.72. The van der Waals surface area contributed by atoms with Gasteiger partial charge in [-0.05, 0) is 24.3 Å². The van der Waals surface area contributed by atoms with Crippen molar-refractivity contribution in [3.63, 3.8) is 0 Å². The zero-order valence-electron chi connectivity index (χ0n) is 13.8. The standard InChI is InChI=1S/C17H12Cl2FN3O3S/c1-8(24)21-6-9-2-3-15(26-9)14-7-27-17(22-14)23-16(25)10-4-13(20)12(19)5-11(10)18/h2-5,7H,6H2,1H3,(H,21,24)(H,22,23,25). The summed E-state index contributed by atoms with van der Waals surface area (Å²) in [6.45, 7) is 1.68. The molecule has 0 aliphatic carbocycles. The van der Waals surface area contributed by atoms with E-state index in [1.165, 1.54) is 24.3 Å². The van der Waals surface area contributed by atoms with Crippen LogP contribution >= 0.6 is 34.5 Å². The van der Waals surface area contributed by atoms with Crippen LogP contribution in [0.4, 0.5) is 9.52 Å². The summed E-state index contributed by atoms with van der Waals surface area (Å²) in [5, 5.41) is 7.04. The van der Waals surface area contributed by atoms with Crippen LogP contribution in [-0.2, 0) is 11.3 Å². The zero-order valence-corrected chi connectivity index (χ0v) is 16.1. The summed E-state index contributed by atoms with van der Waals surface area (Å²) in [5.74, 6) is -0.454. The van der Waals surface area contributed by atoms with Gasteiger partial charge in [-0.15, -0.1) is 11.3 Å². The Hall–Kier alpha value is -2.42. The first kappa shape index (κ1) is 19.3. The van der Waals surface area contributed by atoms with E-state index in [4.69, 9.17) is 27.6 Å². The molecule has 0 bridgehead atoms. The summed E-state index contributed by atoms with van der Waals surface area (Å²) in [6, 6.07) is 5.57. The molecule has 2 heterocycles. The molecular weight excluding hydrogens is 416 g/mol. The van der Waals surface area contributed by atoms with E-state index in [0.717, 1.165) is 6.07 Å². The molecule has 27 heavy (non-hydrogen) atoms. The van der Waals surface area contributed by atoms with Crippen LogP contribution < -0.4 is 10.6 Å². The average Bonchev–Trinajstić information content (AvgIpc) is 3.25. The number of carbonyl (C=O) groups is 2. The number of halogens is 3. The van der Waals surface area contributed by atoms with Gasteiger partial charge in [0.2, 0.25) is 5.91 Å². The van der Waals surface area contributed by atoms with Crippen LogP contribution in [0.15, 0.2) is 34.1 Å². The molecule has 0 atom stereocenters. The zero-order chi connectivity index (χ0) is 19.6. The van der Waals surface area contributed by atoms with Gasteiger partial charge in [-0.25, -0.2) is 9.37 Å². The maximum Gasteiger partial charge on any atom is 0.259 e. The van der Waals surface area contributed by atoms with Crippen LogP contribution in [-0.4, -0.2) is 16.8 Å². The van der Waals surface area contributed by atoms with E-state index < -0.39 is 11.7 Å². The molecule has 140 valence electrons. The van der Waals surface area contributed by atoms with E-state index in [0.29, 0.717) is 22.3 Å². The maximum absolute atomic E-state index is 13.6. The molecular formula is C17H12Cl2FN3O3S. The number of nitrogens with zero attached hydrogens (tertiary/aromatic N) is 1. The Kier molecular flexibility index (Phi) is 5.79. The van der Waals surface area contributed by atoms with Gasteiger partial charge in [0.1, 0.15) is 17.3 Å². The number of rotatable bonds is 5. The molecule has 0 fully saturated rings. The lowest BCUT2D eigenvalue weighted by Crippen LogP contribution is -2.18. The molecule has 0 spiro atoms. The van der Waals surface area contributed by atoms with E-state index in [1.807, 2.05) is 0 Å². The second-order valence-electron chi connectivity index (χ2n) is 5.41. The van der Waals surface area contributed by atoms with Crippen LogP contribution in [0, 0.1) is 5.82 Å². The Morgan fingerprint density at radius 3 is 2.78 bits per heavy atom. The first-order valence-electron chi connectivity index (χ1n) is 7.58. The molecule has 6 nitrogen and oxygen atoms in total. The van der Waals surface area contributed by atoms with Gasteiger partial charge in [0.15, 0.2) is 10.9 Å². The summed E-state index contributed by atoms with van der Waals surface area (Å²) in [7, 11) is 0. The first-order chi connectivity index (χ1) is 12.8. The summed E-state index contributed by atoms with van der Waals surface area (Å²) in [6.07, 6.45) is 0. The monoisotopic (exact) mass is 427 g/mol. The highest BCUT2D eigenvalue weighted by Gasteiger charge is 2.17. The van der Waals surface area contributed by atoms with Crippen molar-refractivity contribution in [3.05, 3.63) is 56.8 Å². The summed E-state index contributed by atoms with van der Waals surface area (Å²) in [4.78, 5) is 27.5. The Labute approximate surface area is 167 Å². The number of hydrogen-bond donors (Lipinski definition) is 2. The van der Waals surface area contributed by atoms with Gasteiger partial charge in [-0.1, -0.05) is 23.2 Å². The average molecular weight is 428 g/mol. The van der Waals surface area contributed by atoms with Gasteiger partial charge >= 0.3 is 0 Å². The number of carbonyl (C=O) groups excluding carboxylic acids is 2. The van der Waals surface area contributed by atoms with Gasteiger partial charge in [-0.2, -0.15) is 0 Å². The molecule has 0 aliphatic heterocycles. The normalized spacial score (nSPS) is 10.7. The van der Waals surface area contributed by atoms with Crippen LogP contribution in [0.3, 0.4) is 0 Å². The van der Waals surface area contributed by atoms with Crippen LogP contribution in [0.2, 0.25) is 10.0 Å². The van der Waals surface area contributed by atoms with Gasteiger partial charge < -0.3 is 9.73 Å². The number of anilines is 1. The summed E-state index contributed by atoms with van der Waals surface area (Å²) in [5.41, 5.74) is 0.462. The fraction of sp³-hybridized carbons (Fsp3) is 0.118. The maximum atomic E-state index is 13.6. The third kappa shape index (κ3) is 4.65. The molecule has 0 saturated carbocycles. The molecule has 2 aromatic heterocycles. The van der Waals surface area contributed by atoms with Crippen LogP contribution in [0.25, 0.3) is 11.5 Å².